The highest BCUT2D eigenvalue weighted by Gasteiger charge is 2.24. The minimum absolute atomic E-state index is 0.129. The second-order valence-corrected chi connectivity index (χ2v) is 9.17. The Morgan fingerprint density at radius 1 is 1.11 bits per heavy atom. The van der Waals surface area contributed by atoms with Crippen molar-refractivity contribution in [1.29, 1.82) is 0 Å². The van der Waals surface area contributed by atoms with Crippen LogP contribution in [-0.4, -0.2) is 44.7 Å². The molecule has 1 fully saturated rings. The average molecular weight is 486 g/mol. The van der Waals surface area contributed by atoms with Crippen molar-refractivity contribution in [3.63, 3.8) is 0 Å². The predicted molar refractivity (Wildman–Crippen MR) is 121 cm³/mol. The van der Waals surface area contributed by atoms with E-state index in [1.165, 1.54) is 24.6 Å². The maximum atomic E-state index is 14.7. The summed E-state index contributed by atoms with van der Waals surface area (Å²) in [7, 11) is 0. The summed E-state index contributed by atoms with van der Waals surface area (Å²) < 4.78 is 44.8. The second kappa shape index (κ2) is 10.1. The van der Waals surface area contributed by atoms with Gasteiger partial charge in [0.25, 0.3) is 5.89 Å². The monoisotopic (exact) mass is 485 g/mol. The highest BCUT2D eigenvalue weighted by atomic mass is 19.3. The molecule has 0 bridgehead atoms. The van der Waals surface area contributed by atoms with E-state index in [1.807, 2.05) is 12.1 Å². The minimum Gasteiger partial charge on any atom is -0.415 e. The number of alkyl halides is 2. The van der Waals surface area contributed by atoms with Crippen LogP contribution < -0.4 is 0 Å². The smallest absolute Gasteiger partial charge is 0.314 e. The number of likely N-dealkylation sites (tertiary alicyclic amines) is 1. The van der Waals surface area contributed by atoms with E-state index in [9.17, 15) is 13.2 Å². The zero-order valence-corrected chi connectivity index (χ0v) is 19.3. The molecule has 0 N–H and O–H groups in total. The molecule has 1 atom stereocenters. The summed E-state index contributed by atoms with van der Waals surface area (Å²) in [4.78, 5) is 6.60. The lowest BCUT2D eigenvalue weighted by molar-refractivity contribution is 0.116. The Morgan fingerprint density at radius 3 is 2.69 bits per heavy atom. The van der Waals surface area contributed by atoms with E-state index in [1.54, 1.807) is 5.01 Å². The topological polar surface area (TPSA) is 83.0 Å². The molecule has 11 heteroatoms. The second-order valence-electron chi connectivity index (χ2n) is 9.17. The van der Waals surface area contributed by atoms with Gasteiger partial charge in [0.1, 0.15) is 11.9 Å². The fourth-order valence-corrected chi connectivity index (χ4v) is 4.37. The van der Waals surface area contributed by atoms with Crippen LogP contribution in [0.15, 0.2) is 51.3 Å². The Hall–Kier alpha value is -3.34. The van der Waals surface area contributed by atoms with Crippen molar-refractivity contribution >= 4 is 0 Å². The Bertz CT molecular complexity index is 1190. The molecule has 0 saturated carbocycles. The van der Waals surface area contributed by atoms with Crippen LogP contribution in [0.3, 0.4) is 0 Å². The normalized spacial score (nSPS) is 19.2. The van der Waals surface area contributed by atoms with Crippen LogP contribution >= 0.6 is 0 Å². The fraction of sp³-hybridized carbons (Fsp3) is 0.458. The van der Waals surface area contributed by atoms with Gasteiger partial charge < -0.3 is 4.42 Å². The summed E-state index contributed by atoms with van der Waals surface area (Å²) in [6, 6.07) is 9.41. The largest absolute Gasteiger partial charge is 0.415 e. The van der Waals surface area contributed by atoms with Crippen molar-refractivity contribution in [2.24, 2.45) is 16.3 Å². The van der Waals surface area contributed by atoms with Crippen LogP contribution in [-0.2, 0) is 13.1 Å². The van der Waals surface area contributed by atoms with Crippen LogP contribution in [0.25, 0.3) is 11.5 Å². The third-order valence-corrected chi connectivity index (χ3v) is 6.44. The zero-order chi connectivity index (χ0) is 24.4. The molecule has 184 valence electrons. The van der Waals surface area contributed by atoms with Crippen molar-refractivity contribution in [3.8, 4) is 11.5 Å². The van der Waals surface area contributed by atoms with E-state index in [2.05, 4.69) is 49.5 Å². The molecule has 4 heterocycles. The van der Waals surface area contributed by atoms with Gasteiger partial charge in [0.2, 0.25) is 5.89 Å². The molecule has 8 nitrogen and oxygen atoms in total. The third kappa shape index (κ3) is 5.50. The molecule has 3 aromatic rings. The van der Waals surface area contributed by atoms with Crippen molar-refractivity contribution < 1.29 is 17.6 Å². The molecular weight excluding hydrogens is 459 g/mol. The van der Waals surface area contributed by atoms with E-state index in [0.29, 0.717) is 6.54 Å². The Morgan fingerprint density at radius 2 is 1.94 bits per heavy atom. The predicted octanol–water partition coefficient (Wildman–Crippen LogP) is 5.36. The summed E-state index contributed by atoms with van der Waals surface area (Å²) in [6.45, 7) is 6.12. The Balaban J connectivity index is 1.20. The molecule has 1 saturated heterocycles. The third-order valence-electron chi connectivity index (χ3n) is 6.44. The maximum absolute atomic E-state index is 14.7. The molecule has 35 heavy (non-hydrogen) atoms. The fourth-order valence-electron chi connectivity index (χ4n) is 4.37. The van der Waals surface area contributed by atoms with E-state index in [-0.39, 0.29) is 29.7 Å². The Kier molecular flexibility index (Phi) is 6.76. The number of piperidine rings is 1. The number of nitrogens with zero attached hydrogens (tertiary/aromatic N) is 7. The number of halogens is 3. The molecule has 1 unspecified atom stereocenters. The van der Waals surface area contributed by atoms with Crippen LogP contribution in [0.5, 0.6) is 0 Å². The number of rotatable bonds is 7. The molecule has 2 aliphatic heterocycles. The van der Waals surface area contributed by atoms with Gasteiger partial charge in [0, 0.05) is 12.7 Å². The molecule has 2 aliphatic rings. The standard InChI is InChI=1S/C24H26F3N7O/c1-15-5-7-33(8-6-15)12-16-3-2-4-17(9-16)20-13-34(32-29-20)14-21-19(25)10-18(11-28-21)23-30-31-24(35-23)22(26)27/h2-4,9-11,15,20,22H,5-8,12-14H2,1H3. The lowest BCUT2D eigenvalue weighted by Gasteiger charge is -2.30. The average Bonchev–Trinajstić information content (AvgIpc) is 3.53. The van der Waals surface area contributed by atoms with Crippen molar-refractivity contribution in [2.45, 2.75) is 45.3 Å². The number of benzene rings is 1. The van der Waals surface area contributed by atoms with Crippen LogP contribution in [0.2, 0.25) is 0 Å². The first-order chi connectivity index (χ1) is 16.9. The van der Waals surface area contributed by atoms with E-state index < -0.39 is 18.1 Å². The van der Waals surface area contributed by atoms with E-state index in [0.717, 1.165) is 37.2 Å². The molecule has 0 spiro atoms. The summed E-state index contributed by atoms with van der Waals surface area (Å²) in [6.07, 6.45) is 0.901. The van der Waals surface area contributed by atoms with E-state index >= 15 is 0 Å². The summed E-state index contributed by atoms with van der Waals surface area (Å²) in [5.41, 5.74) is 2.63. The first-order valence-corrected chi connectivity index (χ1v) is 11.7. The summed E-state index contributed by atoms with van der Waals surface area (Å²) in [5.74, 6) is -0.841. The molecule has 0 amide bonds. The first-order valence-electron chi connectivity index (χ1n) is 11.7. The summed E-state index contributed by atoms with van der Waals surface area (Å²) in [5, 5.41) is 17.0. The van der Waals surface area contributed by atoms with Gasteiger partial charge in [-0.2, -0.15) is 13.9 Å². The SMILES string of the molecule is CC1CCN(Cc2cccc(C3CN(Cc4ncc(-c5nnc(C(F)F)o5)cc4F)N=N3)c2)CC1. The molecule has 2 aromatic heterocycles. The van der Waals surface area contributed by atoms with Gasteiger partial charge in [0.15, 0.2) is 0 Å². The highest BCUT2D eigenvalue weighted by Crippen LogP contribution is 2.29. The van der Waals surface area contributed by atoms with Crippen molar-refractivity contribution in [3.05, 3.63) is 65.1 Å². The van der Waals surface area contributed by atoms with Crippen molar-refractivity contribution in [2.75, 3.05) is 19.6 Å². The molecule has 0 radical (unpaired) electrons. The van der Waals surface area contributed by atoms with Gasteiger partial charge in [0.05, 0.1) is 24.3 Å². The van der Waals surface area contributed by atoms with Crippen LogP contribution in [0.4, 0.5) is 13.2 Å². The van der Waals surface area contributed by atoms with Gasteiger partial charge in [-0.1, -0.05) is 36.4 Å². The Labute approximate surface area is 200 Å². The highest BCUT2D eigenvalue weighted by molar-refractivity contribution is 5.51. The lowest BCUT2D eigenvalue weighted by atomic mass is 9.98. The number of aromatic nitrogens is 3. The first kappa shape index (κ1) is 23.4. The van der Waals surface area contributed by atoms with E-state index in [4.69, 9.17) is 4.42 Å². The van der Waals surface area contributed by atoms with Gasteiger partial charge in [-0.05, 0) is 49.0 Å². The minimum atomic E-state index is -2.89. The zero-order valence-electron chi connectivity index (χ0n) is 19.3. The quantitative estimate of drug-likeness (QED) is 0.448. The maximum Gasteiger partial charge on any atom is 0.314 e. The lowest BCUT2D eigenvalue weighted by Crippen LogP contribution is -2.32. The number of hydrogen-bond donors (Lipinski definition) is 0. The number of pyridine rings is 1. The van der Waals surface area contributed by atoms with Crippen molar-refractivity contribution in [1.82, 2.24) is 25.1 Å². The molecule has 5 rings (SSSR count). The van der Waals surface area contributed by atoms with Crippen LogP contribution in [0, 0.1) is 11.7 Å². The molecule has 0 aliphatic carbocycles. The van der Waals surface area contributed by atoms with Crippen LogP contribution in [0.1, 0.15) is 54.9 Å². The van der Waals surface area contributed by atoms with Gasteiger partial charge in [-0.3, -0.25) is 14.9 Å². The molecule has 1 aromatic carbocycles. The summed E-state index contributed by atoms with van der Waals surface area (Å²) >= 11 is 0. The van der Waals surface area contributed by atoms with Gasteiger partial charge in [-0.15, -0.1) is 10.2 Å². The number of hydrogen-bond acceptors (Lipinski definition) is 8. The molecular formula is C24H26F3N7O. The van der Waals surface area contributed by atoms with Gasteiger partial charge >= 0.3 is 6.43 Å². The van der Waals surface area contributed by atoms with Gasteiger partial charge in [-0.25, -0.2) is 4.39 Å².